The van der Waals surface area contributed by atoms with Gasteiger partial charge in [-0.05, 0) is 43.5 Å². The fraction of sp³-hybridized carbons (Fsp3) is 0.647. The van der Waals surface area contributed by atoms with E-state index in [9.17, 15) is 4.39 Å². The second kappa shape index (κ2) is 9.02. The second-order valence-electron chi connectivity index (χ2n) is 5.79. The molecule has 1 fully saturated rings. The quantitative estimate of drug-likeness (QED) is 0.750. The van der Waals surface area contributed by atoms with E-state index in [1.54, 1.807) is 6.07 Å². The Bertz CT molecular complexity index is 435. The lowest BCUT2D eigenvalue weighted by Gasteiger charge is -2.24. The lowest BCUT2D eigenvalue weighted by Crippen LogP contribution is -2.34. The van der Waals surface area contributed by atoms with Crippen LogP contribution >= 0.6 is 23.4 Å². The van der Waals surface area contributed by atoms with Crippen LogP contribution in [0.2, 0.25) is 5.02 Å². The van der Waals surface area contributed by atoms with Crippen LogP contribution in [-0.4, -0.2) is 23.6 Å². The van der Waals surface area contributed by atoms with Gasteiger partial charge in [-0.3, -0.25) is 0 Å². The van der Waals surface area contributed by atoms with Gasteiger partial charge < -0.3 is 5.32 Å². The van der Waals surface area contributed by atoms with Crippen LogP contribution in [0, 0.1) is 5.82 Å². The summed E-state index contributed by atoms with van der Waals surface area (Å²) in [5, 5.41) is 4.76. The van der Waals surface area contributed by atoms with Crippen molar-refractivity contribution in [3.05, 3.63) is 34.6 Å². The minimum absolute atomic E-state index is 0.187. The summed E-state index contributed by atoms with van der Waals surface area (Å²) in [6.07, 6.45) is 7.56. The van der Waals surface area contributed by atoms with E-state index >= 15 is 0 Å². The van der Waals surface area contributed by atoms with Gasteiger partial charge in [-0.1, -0.05) is 43.9 Å². The van der Waals surface area contributed by atoms with Gasteiger partial charge >= 0.3 is 0 Å². The number of nitrogens with one attached hydrogen (secondary N) is 1. The molecule has 4 heteroatoms. The first-order valence-electron chi connectivity index (χ1n) is 7.98. The molecule has 1 saturated carbocycles. The summed E-state index contributed by atoms with van der Waals surface area (Å²) >= 11 is 7.88. The summed E-state index contributed by atoms with van der Waals surface area (Å²) in [5.74, 6) is 0.869. The van der Waals surface area contributed by atoms with E-state index in [2.05, 4.69) is 24.0 Å². The van der Waals surface area contributed by atoms with Crippen molar-refractivity contribution in [2.24, 2.45) is 0 Å². The summed E-state index contributed by atoms with van der Waals surface area (Å²) in [7, 11) is 0. The highest BCUT2D eigenvalue weighted by atomic mass is 35.5. The molecule has 1 aromatic carbocycles. The molecule has 1 N–H and O–H groups in total. The van der Waals surface area contributed by atoms with Gasteiger partial charge in [0.25, 0.3) is 0 Å². The Labute approximate surface area is 137 Å². The van der Waals surface area contributed by atoms with Crippen molar-refractivity contribution >= 4 is 23.4 Å². The zero-order valence-corrected chi connectivity index (χ0v) is 14.3. The first kappa shape index (κ1) is 17.1. The number of halogens is 2. The molecule has 1 unspecified atom stereocenters. The van der Waals surface area contributed by atoms with E-state index in [0.29, 0.717) is 11.1 Å². The molecule has 0 aromatic heterocycles. The number of likely N-dealkylation sites (N-methyl/N-ethyl adjacent to an activating group) is 1. The van der Waals surface area contributed by atoms with Crippen LogP contribution in [0.3, 0.4) is 0 Å². The molecular weight excluding hydrogens is 305 g/mol. The summed E-state index contributed by atoms with van der Waals surface area (Å²) in [6.45, 7) is 3.03. The molecule has 118 valence electrons. The van der Waals surface area contributed by atoms with Gasteiger partial charge in [-0.25, -0.2) is 4.39 Å². The van der Waals surface area contributed by atoms with Crippen molar-refractivity contribution in [3.8, 4) is 0 Å². The molecule has 0 bridgehead atoms. The number of rotatable bonds is 7. The molecule has 1 nitrogen and oxygen atoms in total. The topological polar surface area (TPSA) is 12.0 Å². The zero-order valence-electron chi connectivity index (χ0n) is 12.7. The van der Waals surface area contributed by atoms with Crippen LogP contribution in [0.5, 0.6) is 0 Å². The van der Waals surface area contributed by atoms with E-state index < -0.39 is 0 Å². The second-order valence-corrected chi connectivity index (χ2v) is 7.56. The average molecular weight is 330 g/mol. The SMILES string of the molecule is CCNC(CSC1CCCCC1)Cc1ccc(Cl)cc1F. The van der Waals surface area contributed by atoms with Gasteiger partial charge in [0.05, 0.1) is 0 Å². The molecule has 1 aliphatic rings. The number of benzene rings is 1. The molecule has 0 radical (unpaired) electrons. The molecule has 0 spiro atoms. The third-order valence-corrected chi connectivity index (χ3v) is 5.83. The fourth-order valence-electron chi connectivity index (χ4n) is 2.92. The highest BCUT2D eigenvalue weighted by Gasteiger charge is 2.17. The number of thioether (sulfide) groups is 1. The number of hydrogen-bond acceptors (Lipinski definition) is 2. The van der Waals surface area contributed by atoms with Crippen LogP contribution < -0.4 is 5.32 Å². The smallest absolute Gasteiger partial charge is 0.127 e. The summed E-state index contributed by atoms with van der Waals surface area (Å²) in [5.41, 5.74) is 0.759. The molecule has 0 saturated heterocycles. The zero-order chi connectivity index (χ0) is 15.1. The van der Waals surface area contributed by atoms with Crippen LogP contribution in [0.15, 0.2) is 18.2 Å². The third kappa shape index (κ3) is 5.80. The van der Waals surface area contributed by atoms with Crippen molar-refractivity contribution in [2.75, 3.05) is 12.3 Å². The predicted molar refractivity (Wildman–Crippen MR) is 91.9 cm³/mol. The molecule has 21 heavy (non-hydrogen) atoms. The minimum atomic E-state index is -0.187. The minimum Gasteiger partial charge on any atom is -0.313 e. The first-order chi connectivity index (χ1) is 10.2. The van der Waals surface area contributed by atoms with E-state index in [1.165, 1.54) is 38.2 Å². The van der Waals surface area contributed by atoms with Crippen LogP contribution in [0.4, 0.5) is 4.39 Å². The van der Waals surface area contributed by atoms with Gasteiger partial charge in [0.1, 0.15) is 5.82 Å². The Kier molecular flexibility index (Phi) is 7.35. The monoisotopic (exact) mass is 329 g/mol. The molecule has 2 rings (SSSR count). The lowest BCUT2D eigenvalue weighted by atomic mass is 10.0. The van der Waals surface area contributed by atoms with Crippen LogP contribution in [0.1, 0.15) is 44.6 Å². The van der Waals surface area contributed by atoms with Crippen molar-refractivity contribution < 1.29 is 4.39 Å². The Balaban J connectivity index is 1.88. The average Bonchev–Trinajstić information content (AvgIpc) is 2.49. The largest absolute Gasteiger partial charge is 0.313 e. The van der Waals surface area contributed by atoms with Crippen molar-refractivity contribution in [3.63, 3.8) is 0 Å². The van der Waals surface area contributed by atoms with Crippen LogP contribution in [-0.2, 0) is 6.42 Å². The predicted octanol–water partition coefficient (Wildman–Crippen LogP) is 5.07. The molecular formula is C17H25ClFNS. The summed E-state index contributed by atoms with van der Waals surface area (Å²) in [6, 6.07) is 5.33. The number of hydrogen-bond donors (Lipinski definition) is 1. The van der Waals surface area contributed by atoms with Gasteiger partial charge in [-0.15, -0.1) is 0 Å². The van der Waals surface area contributed by atoms with Gasteiger partial charge in [0, 0.05) is 22.1 Å². The van der Waals surface area contributed by atoms with Gasteiger partial charge in [0.2, 0.25) is 0 Å². The van der Waals surface area contributed by atoms with Crippen LogP contribution in [0.25, 0.3) is 0 Å². The molecule has 0 amide bonds. The van der Waals surface area contributed by atoms with E-state index in [4.69, 9.17) is 11.6 Å². The fourth-order valence-corrected chi connectivity index (χ4v) is 4.48. The Morgan fingerprint density at radius 3 is 2.76 bits per heavy atom. The maximum absolute atomic E-state index is 13.9. The Morgan fingerprint density at radius 2 is 2.10 bits per heavy atom. The molecule has 1 atom stereocenters. The Hall–Kier alpha value is -0.250. The molecule has 0 heterocycles. The van der Waals surface area contributed by atoms with Gasteiger partial charge in [0.15, 0.2) is 0 Å². The first-order valence-corrected chi connectivity index (χ1v) is 9.40. The van der Waals surface area contributed by atoms with Crippen molar-refractivity contribution in [2.45, 2.75) is 56.7 Å². The lowest BCUT2D eigenvalue weighted by molar-refractivity contribution is 0.511. The molecule has 1 aromatic rings. The van der Waals surface area contributed by atoms with E-state index in [-0.39, 0.29) is 5.82 Å². The van der Waals surface area contributed by atoms with Gasteiger partial charge in [-0.2, -0.15) is 11.8 Å². The Morgan fingerprint density at radius 1 is 1.33 bits per heavy atom. The maximum Gasteiger partial charge on any atom is 0.127 e. The molecule has 1 aliphatic carbocycles. The van der Waals surface area contributed by atoms with E-state index in [1.807, 2.05) is 6.07 Å². The third-order valence-electron chi connectivity index (χ3n) is 4.06. The maximum atomic E-state index is 13.9. The summed E-state index contributed by atoms with van der Waals surface area (Å²) < 4.78 is 13.9. The van der Waals surface area contributed by atoms with E-state index in [0.717, 1.165) is 29.5 Å². The van der Waals surface area contributed by atoms with Crippen molar-refractivity contribution in [1.82, 2.24) is 5.32 Å². The molecule has 0 aliphatic heterocycles. The standard InChI is InChI=1S/C17H25ClFNS/c1-2-20-15(12-21-16-6-4-3-5-7-16)10-13-8-9-14(18)11-17(13)19/h8-9,11,15-16,20H,2-7,10,12H2,1H3. The summed E-state index contributed by atoms with van der Waals surface area (Å²) in [4.78, 5) is 0. The highest BCUT2D eigenvalue weighted by Crippen LogP contribution is 2.29. The highest BCUT2D eigenvalue weighted by molar-refractivity contribution is 7.99. The van der Waals surface area contributed by atoms with Crippen molar-refractivity contribution in [1.29, 1.82) is 0 Å². The normalized spacial score (nSPS) is 17.9.